The standard InChI is InChI=1S/C17H27NO3/c1-12(2)14-7-6-8-15(13(3)4)17(14)18-16(19)11-21-10-9-20-5/h6-8,12-13H,9-11H2,1-5H3,(H,18,19). The lowest BCUT2D eigenvalue weighted by atomic mass is 9.92. The van der Waals surface area contributed by atoms with Gasteiger partial charge in [-0.3, -0.25) is 4.79 Å². The van der Waals surface area contributed by atoms with Crippen LogP contribution in [0.25, 0.3) is 0 Å². The quantitative estimate of drug-likeness (QED) is 0.746. The van der Waals surface area contributed by atoms with E-state index in [1.165, 1.54) is 0 Å². The lowest BCUT2D eigenvalue weighted by Gasteiger charge is -2.20. The van der Waals surface area contributed by atoms with Crippen molar-refractivity contribution < 1.29 is 14.3 Å². The van der Waals surface area contributed by atoms with E-state index < -0.39 is 0 Å². The zero-order valence-electron chi connectivity index (χ0n) is 13.7. The third-order valence-corrected chi connectivity index (χ3v) is 3.30. The maximum atomic E-state index is 12.0. The summed E-state index contributed by atoms with van der Waals surface area (Å²) in [6.07, 6.45) is 0. The maximum absolute atomic E-state index is 12.0. The van der Waals surface area contributed by atoms with Crippen LogP contribution >= 0.6 is 0 Å². The van der Waals surface area contributed by atoms with Gasteiger partial charge < -0.3 is 14.8 Å². The van der Waals surface area contributed by atoms with E-state index in [-0.39, 0.29) is 12.5 Å². The molecule has 0 bridgehead atoms. The Hall–Kier alpha value is -1.39. The fourth-order valence-electron chi connectivity index (χ4n) is 2.18. The second-order valence-corrected chi connectivity index (χ2v) is 5.71. The molecule has 0 heterocycles. The average molecular weight is 293 g/mol. The number of hydrogen-bond donors (Lipinski definition) is 1. The number of para-hydroxylation sites is 1. The molecule has 0 atom stereocenters. The predicted molar refractivity (Wildman–Crippen MR) is 85.9 cm³/mol. The van der Waals surface area contributed by atoms with Gasteiger partial charge in [0.05, 0.1) is 13.2 Å². The van der Waals surface area contributed by atoms with Gasteiger partial charge in [0.25, 0.3) is 0 Å². The van der Waals surface area contributed by atoms with Crippen LogP contribution < -0.4 is 5.32 Å². The summed E-state index contributed by atoms with van der Waals surface area (Å²) >= 11 is 0. The zero-order chi connectivity index (χ0) is 15.8. The molecule has 0 fully saturated rings. The van der Waals surface area contributed by atoms with Gasteiger partial charge in [0.15, 0.2) is 0 Å². The first-order chi connectivity index (χ1) is 9.97. The van der Waals surface area contributed by atoms with Crippen LogP contribution in [-0.2, 0) is 14.3 Å². The fraction of sp³-hybridized carbons (Fsp3) is 0.588. The van der Waals surface area contributed by atoms with Crippen molar-refractivity contribution in [2.24, 2.45) is 0 Å². The molecular weight excluding hydrogens is 266 g/mol. The van der Waals surface area contributed by atoms with E-state index in [2.05, 4.69) is 51.2 Å². The van der Waals surface area contributed by atoms with Crippen molar-refractivity contribution in [3.05, 3.63) is 29.3 Å². The topological polar surface area (TPSA) is 47.6 Å². The van der Waals surface area contributed by atoms with Crippen molar-refractivity contribution in [2.45, 2.75) is 39.5 Å². The molecule has 0 radical (unpaired) electrons. The number of ether oxygens (including phenoxy) is 2. The second-order valence-electron chi connectivity index (χ2n) is 5.71. The van der Waals surface area contributed by atoms with Gasteiger partial charge in [-0.05, 0) is 23.0 Å². The molecule has 1 rings (SSSR count). The summed E-state index contributed by atoms with van der Waals surface area (Å²) < 4.78 is 10.2. The van der Waals surface area contributed by atoms with Gasteiger partial charge in [0.2, 0.25) is 5.91 Å². The summed E-state index contributed by atoms with van der Waals surface area (Å²) in [5.74, 6) is 0.586. The van der Waals surface area contributed by atoms with Crippen LogP contribution in [0.1, 0.15) is 50.7 Å². The molecule has 0 saturated heterocycles. The molecule has 1 amide bonds. The van der Waals surface area contributed by atoms with Crippen molar-refractivity contribution in [3.8, 4) is 0 Å². The van der Waals surface area contributed by atoms with Gasteiger partial charge in [-0.15, -0.1) is 0 Å². The highest BCUT2D eigenvalue weighted by Crippen LogP contribution is 2.32. The normalized spacial score (nSPS) is 11.2. The number of rotatable bonds is 8. The minimum absolute atomic E-state index is 0.0489. The lowest BCUT2D eigenvalue weighted by molar-refractivity contribution is -0.121. The maximum Gasteiger partial charge on any atom is 0.250 e. The molecule has 21 heavy (non-hydrogen) atoms. The Morgan fingerprint density at radius 2 is 1.67 bits per heavy atom. The Kier molecular flexibility index (Phi) is 7.40. The number of methoxy groups -OCH3 is 1. The van der Waals surface area contributed by atoms with Crippen molar-refractivity contribution in [1.29, 1.82) is 0 Å². The SMILES string of the molecule is COCCOCC(=O)Nc1c(C(C)C)cccc1C(C)C. The largest absolute Gasteiger partial charge is 0.382 e. The number of anilines is 1. The third-order valence-electron chi connectivity index (χ3n) is 3.30. The van der Waals surface area contributed by atoms with Gasteiger partial charge >= 0.3 is 0 Å². The van der Waals surface area contributed by atoms with Crippen LogP contribution in [0.15, 0.2) is 18.2 Å². The molecule has 1 N–H and O–H groups in total. The highest BCUT2D eigenvalue weighted by atomic mass is 16.5. The fourth-order valence-corrected chi connectivity index (χ4v) is 2.18. The van der Waals surface area contributed by atoms with Gasteiger partial charge in [0.1, 0.15) is 6.61 Å². The van der Waals surface area contributed by atoms with Crippen molar-refractivity contribution in [1.82, 2.24) is 0 Å². The number of carbonyl (C=O) groups excluding carboxylic acids is 1. The number of nitrogens with one attached hydrogen (secondary N) is 1. The molecule has 4 nitrogen and oxygen atoms in total. The van der Waals surface area contributed by atoms with E-state index in [1.807, 2.05) is 0 Å². The summed E-state index contributed by atoms with van der Waals surface area (Å²) in [4.78, 5) is 12.0. The van der Waals surface area contributed by atoms with Gasteiger partial charge in [-0.25, -0.2) is 0 Å². The summed E-state index contributed by atoms with van der Waals surface area (Å²) in [6, 6.07) is 6.19. The van der Waals surface area contributed by atoms with Gasteiger partial charge in [0, 0.05) is 12.8 Å². The zero-order valence-corrected chi connectivity index (χ0v) is 13.7. The smallest absolute Gasteiger partial charge is 0.250 e. The molecule has 4 heteroatoms. The number of carbonyl (C=O) groups is 1. The average Bonchev–Trinajstić information content (AvgIpc) is 2.43. The first-order valence-corrected chi connectivity index (χ1v) is 7.46. The molecule has 0 aromatic heterocycles. The lowest BCUT2D eigenvalue weighted by Crippen LogP contribution is -2.21. The summed E-state index contributed by atoms with van der Waals surface area (Å²) in [6.45, 7) is 9.48. The molecule has 0 aliphatic rings. The van der Waals surface area contributed by atoms with Crippen LogP contribution in [0.4, 0.5) is 5.69 Å². The molecule has 118 valence electrons. The van der Waals surface area contributed by atoms with Crippen LogP contribution in [0, 0.1) is 0 Å². The number of amides is 1. The Bertz CT molecular complexity index is 429. The Morgan fingerprint density at radius 3 is 2.14 bits per heavy atom. The second kappa shape index (κ2) is 8.80. The molecule has 1 aromatic carbocycles. The first kappa shape index (κ1) is 17.7. The van der Waals surface area contributed by atoms with Crippen molar-refractivity contribution >= 4 is 11.6 Å². The van der Waals surface area contributed by atoms with E-state index in [0.29, 0.717) is 25.0 Å². The van der Waals surface area contributed by atoms with E-state index >= 15 is 0 Å². The van der Waals surface area contributed by atoms with E-state index in [1.54, 1.807) is 7.11 Å². The minimum Gasteiger partial charge on any atom is -0.382 e. The third kappa shape index (κ3) is 5.48. The highest BCUT2D eigenvalue weighted by Gasteiger charge is 2.15. The monoisotopic (exact) mass is 293 g/mol. The van der Waals surface area contributed by atoms with Crippen LogP contribution in [0.3, 0.4) is 0 Å². The Balaban J connectivity index is 2.82. The van der Waals surface area contributed by atoms with E-state index in [4.69, 9.17) is 9.47 Å². The highest BCUT2D eigenvalue weighted by molar-refractivity contribution is 5.93. The van der Waals surface area contributed by atoms with E-state index in [0.717, 1.165) is 16.8 Å². The summed E-state index contributed by atoms with van der Waals surface area (Å²) in [7, 11) is 1.61. The number of benzene rings is 1. The molecule has 0 aliphatic carbocycles. The molecule has 0 spiro atoms. The van der Waals surface area contributed by atoms with Crippen molar-refractivity contribution in [3.63, 3.8) is 0 Å². The van der Waals surface area contributed by atoms with Gasteiger partial charge in [-0.1, -0.05) is 45.9 Å². The van der Waals surface area contributed by atoms with Crippen molar-refractivity contribution in [2.75, 3.05) is 32.2 Å². The summed E-state index contributed by atoms with van der Waals surface area (Å²) in [5, 5.41) is 3.01. The Labute approximate surface area is 127 Å². The number of hydrogen-bond acceptors (Lipinski definition) is 3. The molecular formula is C17H27NO3. The molecule has 0 unspecified atom stereocenters. The molecule has 0 saturated carbocycles. The predicted octanol–water partition coefficient (Wildman–Crippen LogP) is 3.53. The van der Waals surface area contributed by atoms with Crippen LogP contribution in [0.2, 0.25) is 0 Å². The van der Waals surface area contributed by atoms with Crippen LogP contribution in [-0.4, -0.2) is 32.8 Å². The molecule has 0 aliphatic heterocycles. The minimum atomic E-state index is -0.124. The molecule has 1 aromatic rings. The van der Waals surface area contributed by atoms with E-state index in [9.17, 15) is 4.79 Å². The summed E-state index contributed by atoms with van der Waals surface area (Å²) in [5.41, 5.74) is 3.25. The van der Waals surface area contributed by atoms with Gasteiger partial charge in [-0.2, -0.15) is 0 Å². The van der Waals surface area contributed by atoms with Crippen LogP contribution in [0.5, 0.6) is 0 Å². The Morgan fingerprint density at radius 1 is 1.10 bits per heavy atom. The first-order valence-electron chi connectivity index (χ1n) is 7.46.